The SMILES string of the molecule is CCCC(C)N(C)CCc1ccc(N)cc1. The summed E-state index contributed by atoms with van der Waals surface area (Å²) in [5.41, 5.74) is 7.87. The largest absolute Gasteiger partial charge is 0.399 e. The van der Waals surface area contributed by atoms with Gasteiger partial charge in [0, 0.05) is 18.3 Å². The van der Waals surface area contributed by atoms with Crippen molar-refractivity contribution < 1.29 is 0 Å². The highest BCUT2D eigenvalue weighted by molar-refractivity contribution is 5.39. The molecule has 0 aliphatic heterocycles. The van der Waals surface area contributed by atoms with Crippen LogP contribution in [0.4, 0.5) is 5.69 Å². The van der Waals surface area contributed by atoms with Crippen LogP contribution in [0.25, 0.3) is 0 Å². The van der Waals surface area contributed by atoms with E-state index in [1.54, 1.807) is 0 Å². The van der Waals surface area contributed by atoms with Crippen molar-refractivity contribution >= 4 is 5.69 Å². The Kier molecular flexibility index (Phi) is 5.33. The van der Waals surface area contributed by atoms with Gasteiger partial charge in [0.05, 0.1) is 0 Å². The summed E-state index contributed by atoms with van der Waals surface area (Å²) < 4.78 is 0. The molecule has 0 aliphatic carbocycles. The summed E-state index contributed by atoms with van der Waals surface area (Å²) in [4.78, 5) is 2.43. The Hall–Kier alpha value is -1.02. The average molecular weight is 220 g/mol. The van der Waals surface area contributed by atoms with Gasteiger partial charge in [-0.3, -0.25) is 0 Å². The number of hydrogen-bond acceptors (Lipinski definition) is 2. The number of anilines is 1. The average Bonchev–Trinajstić information content (AvgIpc) is 2.28. The third kappa shape index (κ3) is 4.23. The van der Waals surface area contributed by atoms with Gasteiger partial charge < -0.3 is 10.6 Å². The Morgan fingerprint density at radius 2 is 1.88 bits per heavy atom. The van der Waals surface area contributed by atoms with Crippen LogP contribution in [-0.4, -0.2) is 24.5 Å². The topological polar surface area (TPSA) is 29.3 Å². The first-order chi connectivity index (χ1) is 7.63. The fourth-order valence-electron chi connectivity index (χ4n) is 1.85. The molecular weight excluding hydrogens is 196 g/mol. The van der Waals surface area contributed by atoms with E-state index in [-0.39, 0.29) is 0 Å². The highest BCUT2D eigenvalue weighted by atomic mass is 15.1. The molecule has 0 saturated carbocycles. The maximum Gasteiger partial charge on any atom is 0.0314 e. The van der Waals surface area contributed by atoms with Gasteiger partial charge in [-0.2, -0.15) is 0 Å². The van der Waals surface area contributed by atoms with Crippen molar-refractivity contribution in [2.75, 3.05) is 19.3 Å². The number of hydrogen-bond donors (Lipinski definition) is 1. The summed E-state index contributed by atoms with van der Waals surface area (Å²) >= 11 is 0. The predicted octanol–water partition coefficient (Wildman–Crippen LogP) is 2.93. The normalized spacial score (nSPS) is 13.0. The molecule has 0 fully saturated rings. The highest BCUT2D eigenvalue weighted by Gasteiger charge is 2.07. The van der Waals surface area contributed by atoms with Gasteiger partial charge in [-0.05, 0) is 44.5 Å². The number of benzene rings is 1. The molecular formula is C14H24N2. The molecule has 0 aliphatic rings. The summed E-state index contributed by atoms with van der Waals surface area (Å²) in [6.07, 6.45) is 3.64. The van der Waals surface area contributed by atoms with E-state index in [2.05, 4.69) is 37.9 Å². The number of nitrogen functional groups attached to an aromatic ring is 1. The number of nitrogens with zero attached hydrogens (tertiary/aromatic N) is 1. The Labute approximate surface area is 99.5 Å². The van der Waals surface area contributed by atoms with Crippen molar-refractivity contribution in [1.82, 2.24) is 4.90 Å². The van der Waals surface area contributed by atoms with E-state index in [1.807, 2.05) is 12.1 Å². The summed E-state index contributed by atoms with van der Waals surface area (Å²) in [5.74, 6) is 0. The van der Waals surface area contributed by atoms with Crippen LogP contribution >= 0.6 is 0 Å². The van der Waals surface area contributed by atoms with Gasteiger partial charge in [0.25, 0.3) is 0 Å². The van der Waals surface area contributed by atoms with Crippen LogP contribution in [0.3, 0.4) is 0 Å². The van der Waals surface area contributed by atoms with Crippen LogP contribution in [0, 0.1) is 0 Å². The molecule has 1 aromatic rings. The van der Waals surface area contributed by atoms with E-state index >= 15 is 0 Å². The van der Waals surface area contributed by atoms with Crippen LogP contribution in [0.15, 0.2) is 24.3 Å². The summed E-state index contributed by atoms with van der Waals surface area (Å²) in [6.45, 7) is 5.65. The second-order valence-electron chi connectivity index (χ2n) is 4.61. The number of nitrogens with two attached hydrogens (primary N) is 1. The van der Waals surface area contributed by atoms with Crippen molar-refractivity contribution in [3.05, 3.63) is 29.8 Å². The second kappa shape index (κ2) is 6.54. The Morgan fingerprint density at radius 3 is 2.44 bits per heavy atom. The number of rotatable bonds is 6. The van der Waals surface area contributed by atoms with E-state index in [0.29, 0.717) is 6.04 Å². The van der Waals surface area contributed by atoms with Gasteiger partial charge >= 0.3 is 0 Å². The van der Waals surface area contributed by atoms with Gasteiger partial charge in [0.2, 0.25) is 0 Å². The first kappa shape index (κ1) is 13.0. The summed E-state index contributed by atoms with van der Waals surface area (Å²) in [7, 11) is 2.21. The molecule has 1 aromatic carbocycles. The lowest BCUT2D eigenvalue weighted by Gasteiger charge is -2.24. The minimum absolute atomic E-state index is 0.679. The van der Waals surface area contributed by atoms with Gasteiger partial charge in [-0.25, -0.2) is 0 Å². The monoisotopic (exact) mass is 220 g/mol. The minimum Gasteiger partial charge on any atom is -0.399 e. The first-order valence-corrected chi connectivity index (χ1v) is 6.18. The molecule has 0 spiro atoms. The zero-order chi connectivity index (χ0) is 12.0. The molecule has 2 heteroatoms. The lowest BCUT2D eigenvalue weighted by atomic mass is 10.1. The zero-order valence-corrected chi connectivity index (χ0v) is 10.7. The van der Waals surface area contributed by atoms with Gasteiger partial charge in [0.1, 0.15) is 0 Å². The molecule has 0 saturated heterocycles. The number of likely N-dealkylation sites (N-methyl/N-ethyl adjacent to an activating group) is 1. The lowest BCUT2D eigenvalue weighted by molar-refractivity contribution is 0.248. The van der Waals surface area contributed by atoms with Crippen LogP contribution in [0.5, 0.6) is 0 Å². The fourth-order valence-corrected chi connectivity index (χ4v) is 1.85. The first-order valence-electron chi connectivity index (χ1n) is 6.18. The van der Waals surface area contributed by atoms with Crippen molar-refractivity contribution in [1.29, 1.82) is 0 Å². The molecule has 2 nitrogen and oxygen atoms in total. The Morgan fingerprint density at radius 1 is 1.25 bits per heavy atom. The lowest BCUT2D eigenvalue weighted by Crippen LogP contribution is -2.30. The Bertz CT molecular complexity index is 292. The van der Waals surface area contributed by atoms with Crippen LogP contribution in [-0.2, 0) is 6.42 Å². The summed E-state index contributed by atoms with van der Waals surface area (Å²) in [5, 5.41) is 0. The van der Waals surface area contributed by atoms with Gasteiger partial charge in [0.15, 0.2) is 0 Å². The molecule has 1 rings (SSSR count). The van der Waals surface area contributed by atoms with Crippen molar-refractivity contribution in [3.8, 4) is 0 Å². The van der Waals surface area contributed by atoms with Crippen LogP contribution in [0.1, 0.15) is 32.3 Å². The molecule has 0 heterocycles. The molecule has 1 atom stereocenters. The predicted molar refractivity (Wildman–Crippen MR) is 71.6 cm³/mol. The van der Waals surface area contributed by atoms with Crippen LogP contribution in [0.2, 0.25) is 0 Å². The highest BCUT2D eigenvalue weighted by Crippen LogP contribution is 2.09. The molecule has 0 radical (unpaired) electrons. The standard InChI is InChI=1S/C14H24N2/c1-4-5-12(2)16(3)11-10-13-6-8-14(15)9-7-13/h6-9,12H,4-5,10-11,15H2,1-3H3. The summed E-state index contributed by atoms with van der Waals surface area (Å²) in [6, 6.07) is 8.87. The molecule has 0 amide bonds. The molecule has 0 aromatic heterocycles. The molecule has 1 unspecified atom stereocenters. The van der Waals surface area contributed by atoms with E-state index in [4.69, 9.17) is 5.73 Å². The Balaban J connectivity index is 2.36. The van der Waals surface area contributed by atoms with Crippen molar-refractivity contribution in [2.45, 2.75) is 39.2 Å². The quantitative estimate of drug-likeness (QED) is 0.747. The van der Waals surface area contributed by atoms with Crippen molar-refractivity contribution in [2.24, 2.45) is 0 Å². The van der Waals surface area contributed by atoms with Crippen molar-refractivity contribution in [3.63, 3.8) is 0 Å². The fraction of sp³-hybridized carbons (Fsp3) is 0.571. The maximum absolute atomic E-state index is 5.66. The van der Waals surface area contributed by atoms with E-state index in [1.165, 1.54) is 18.4 Å². The second-order valence-corrected chi connectivity index (χ2v) is 4.61. The molecule has 0 bridgehead atoms. The van der Waals surface area contributed by atoms with Gasteiger partial charge in [-0.15, -0.1) is 0 Å². The molecule has 2 N–H and O–H groups in total. The third-order valence-electron chi connectivity index (χ3n) is 3.19. The smallest absolute Gasteiger partial charge is 0.0314 e. The van der Waals surface area contributed by atoms with Crippen LogP contribution < -0.4 is 5.73 Å². The molecule has 16 heavy (non-hydrogen) atoms. The van der Waals surface area contributed by atoms with E-state index in [9.17, 15) is 0 Å². The van der Waals surface area contributed by atoms with E-state index < -0.39 is 0 Å². The zero-order valence-electron chi connectivity index (χ0n) is 10.7. The van der Waals surface area contributed by atoms with E-state index in [0.717, 1.165) is 18.7 Å². The maximum atomic E-state index is 5.66. The minimum atomic E-state index is 0.679. The molecule has 90 valence electrons. The third-order valence-corrected chi connectivity index (χ3v) is 3.19. The van der Waals surface area contributed by atoms with Gasteiger partial charge in [-0.1, -0.05) is 25.5 Å².